The van der Waals surface area contributed by atoms with Crippen LogP contribution in [0.4, 0.5) is 5.69 Å². The molecule has 0 aliphatic carbocycles. The summed E-state index contributed by atoms with van der Waals surface area (Å²) in [4.78, 5) is 25.9. The summed E-state index contributed by atoms with van der Waals surface area (Å²) in [6.45, 7) is 3.32. The number of hydrogen-bond donors (Lipinski definition) is 2. The highest BCUT2D eigenvalue weighted by Crippen LogP contribution is 2.30. The van der Waals surface area contributed by atoms with Crippen LogP contribution >= 0.6 is 0 Å². The maximum Gasteiger partial charge on any atom is 0.356 e. The molecule has 0 atom stereocenters. The van der Waals surface area contributed by atoms with Gasteiger partial charge in [-0.2, -0.15) is 0 Å². The first-order valence-electron chi connectivity index (χ1n) is 5.51. The molecule has 0 unspecified atom stereocenters. The fraction of sp³-hybridized carbons (Fsp3) is 0.231. The van der Waals surface area contributed by atoms with Gasteiger partial charge in [0.05, 0.1) is 12.8 Å². The summed E-state index contributed by atoms with van der Waals surface area (Å²) in [5.41, 5.74) is 2.50. The van der Waals surface area contributed by atoms with Crippen LogP contribution in [0.15, 0.2) is 18.2 Å². The van der Waals surface area contributed by atoms with E-state index in [1.165, 1.54) is 14.0 Å². The molecule has 2 rings (SSSR count). The van der Waals surface area contributed by atoms with E-state index in [4.69, 9.17) is 4.74 Å². The highest BCUT2D eigenvalue weighted by molar-refractivity contribution is 6.11. The normalized spacial score (nSPS) is 10.4. The molecule has 0 aliphatic heterocycles. The lowest BCUT2D eigenvalue weighted by Crippen LogP contribution is -2.11. The molecule has 0 aliphatic rings. The molecule has 1 amide bonds. The number of anilines is 1. The Balaban J connectivity index is 2.73. The van der Waals surface area contributed by atoms with Crippen molar-refractivity contribution in [2.24, 2.45) is 0 Å². The van der Waals surface area contributed by atoms with E-state index in [9.17, 15) is 9.59 Å². The summed E-state index contributed by atoms with van der Waals surface area (Å²) in [5, 5.41) is 3.51. The van der Waals surface area contributed by atoms with Crippen molar-refractivity contribution in [3.63, 3.8) is 0 Å². The number of H-pyrrole nitrogens is 1. The lowest BCUT2D eigenvalue weighted by molar-refractivity contribution is -0.114. The highest BCUT2D eigenvalue weighted by Gasteiger charge is 2.20. The van der Waals surface area contributed by atoms with Crippen molar-refractivity contribution in [2.75, 3.05) is 12.4 Å². The van der Waals surface area contributed by atoms with Gasteiger partial charge in [-0.3, -0.25) is 4.79 Å². The molecule has 94 valence electrons. The molecule has 5 nitrogen and oxygen atoms in total. The molecule has 0 spiro atoms. The number of methoxy groups -OCH3 is 1. The van der Waals surface area contributed by atoms with Crippen molar-refractivity contribution in [3.8, 4) is 0 Å². The zero-order valence-electron chi connectivity index (χ0n) is 10.5. The lowest BCUT2D eigenvalue weighted by atomic mass is 10.1. The monoisotopic (exact) mass is 246 g/mol. The number of carbonyl (C=O) groups excluding carboxylic acids is 2. The molecule has 2 N–H and O–H groups in total. The van der Waals surface area contributed by atoms with Crippen molar-refractivity contribution < 1.29 is 14.3 Å². The molecule has 1 heterocycles. The Morgan fingerprint density at radius 2 is 2.06 bits per heavy atom. The van der Waals surface area contributed by atoms with E-state index in [0.29, 0.717) is 5.69 Å². The molecule has 0 fully saturated rings. The second-order valence-electron chi connectivity index (χ2n) is 4.05. The highest BCUT2D eigenvalue weighted by atomic mass is 16.5. The van der Waals surface area contributed by atoms with Gasteiger partial charge in [0.15, 0.2) is 0 Å². The van der Waals surface area contributed by atoms with Crippen molar-refractivity contribution in [3.05, 3.63) is 29.5 Å². The number of fused-ring (bicyclic) bond motifs is 1. The maximum absolute atomic E-state index is 11.7. The minimum Gasteiger partial charge on any atom is -0.464 e. The zero-order chi connectivity index (χ0) is 13.3. The van der Waals surface area contributed by atoms with Crippen LogP contribution in [0.2, 0.25) is 0 Å². The van der Waals surface area contributed by atoms with Crippen LogP contribution in [0.5, 0.6) is 0 Å². The lowest BCUT2D eigenvalue weighted by Gasteiger charge is -2.04. The zero-order valence-corrected chi connectivity index (χ0v) is 10.5. The molecule has 0 bridgehead atoms. The van der Waals surface area contributed by atoms with E-state index in [0.717, 1.165) is 16.5 Å². The van der Waals surface area contributed by atoms with Crippen LogP contribution < -0.4 is 5.32 Å². The largest absolute Gasteiger partial charge is 0.464 e. The SMILES string of the molecule is COC(=O)c1[nH]c2cccc(C)c2c1NC(C)=O. The smallest absolute Gasteiger partial charge is 0.356 e. The molecule has 18 heavy (non-hydrogen) atoms. The van der Waals surface area contributed by atoms with Crippen LogP contribution in [0.3, 0.4) is 0 Å². The van der Waals surface area contributed by atoms with Crippen LogP contribution in [0.1, 0.15) is 23.0 Å². The number of amides is 1. The van der Waals surface area contributed by atoms with Crippen molar-refractivity contribution >= 4 is 28.5 Å². The number of aromatic amines is 1. The standard InChI is InChI=1S/C13H14N2O3/c1-7-5-4-6-9-10(7)11(14-8(2)16)12(15-9)13(17)18-3/h4-6,15H,1-3H3,(H,14,16). The van der Waals surface area contributed by atoms with E-state index in [2.05, 4.69) is 10.3 Å². The topological polar surface area (TPSA) is 71.2 Å². The summed E-state index contributed by atoms with van der Waals surface area (Å²) in [7, 11) is 1.30. The fourth-order valence-electron chi connectivity index (χ4n) is 1.98. The number of rotatable bonds is 2. The molecule has 5 heteroatoms. The number of nitrogens with one attached hydrogen (secondary N) is 2. The van der Waals surface area contributed by atoms with E-state index in [-0.39, 0.29) is 11.6 Å². The molecule has 0 saturated carbocycles. The van der Waals surface area contributed by atoms with Gasteiger partial charge in [0.1, 0.15) is 5.69 Å². The first-order valence-corrected chi connectivity index (χ1v) is 5.51. The number of aryl methyl sites for hydroxylation is 1. The average molecular weight is 246 g/mol. The third-order valence-electron chi connectivity index (χ3n) is 2.72. The molecule has 1 aromatic carbocycles. The minimum atomic E-state index is -0.505. The van der Waals surface area contributed by atoms with Gasteiger partial charge >= 0.3 is 5.97 Å². The van der Waals surface area contributed by atoms with Gasteiger partial charge in [-0.25, -0.2) is 4.79 Å². The van der Waals surface area contributed by atoms with Crippen LogP contribution in [0, 0.1) is 6.92 Å². The summed E-state index contributed by atoms with van der Waals surface area (Å²) in [5.74, 6) is -0.737. The first kappa shape index (κ1) is 12.2. The molecular weight excluding hydrogens is 232 g/mol. The predicted octanol–water partition coefficient (Wildman–Crippen LogP) is 2.22. The molecule has 0 saturated heterocycles. The summed E-state index contributed by atoms with van der Waals surface area (Å²) < 4.78 is 4.71. The van der Waals surface area contributed by atoms with Gasteiger partial charge in [0.25, 0.3) is 0 Å². The van der Waals surface area contributed by atoms with Crippen molar-refractivity contribution in [2.45, 2.75) is 13.8 Å². The van der Waals surface area contributed by atoms with Crippen LogP contribution in [-0.2, 0) is 9.53 Å². The van der Waals surface area contributed by atoms with Crippen LogP contribution in [-0.4, -0.2) is 24.0 Å². The van der Waals surface area contributed by atoms with Gasteiger partial charge in [-0.15, -0.1) is 0 Å². The van der Waals surface area contributed by atoms with Gasteiger partial charge < -0.3 is 15.0 Å². The second-order valence-corrected chi connectivity index (χ2v) is 4.05. The van der Waals surface area contributed by atoms with Gasteiger partial charge in [-0.1, -0.05) is 12.1 Å². The van der Waals surface area contributed by atoms with Crippen molar-refractivity contribution in [1.29, 1.82) is 0 Å². The molecule has 1 aromatic heterocycles. The number of carbonyl (C=O) groups is 2. The third-order valence-corrected chi connectivity index (χ3v) is 2.72. The van der Waals surface area contributed by atoms with E-state index >= 15 is 0 Å². The Morgan fingerprint density at radius 1 is 1.33 bits per heavy atom. The predicted molar refractivity (Wildman–Crippen MR) is 68.7 cm³/mol. The van der Waals surface area contributed by atoms with Crippen molar-refractivity contribution in [1.82, 2.24) is 4.98 Å². The summed E-state index contributed by atoms with van der Waals surface area (Å²) >= 11 is 0. The number of benzene rings is 1. The van der Waals surface area contributed by atoms with Gasteiger partial charge in [-0.05, 0) is 18.6 Å². The summed E-state index contributed by atoms with van der Waals surface area (Å²) in [6, 6.07) is 5.65. The van der Waals surface area contributed by atoms with E-state index in [1.54, 1.807) is 0 Å². The third kappa shape index (κ3) is 1.95. The average Bonchev–Trinajstić information content (AvgIpc) is 2.68. The summed E-state index contributed by atoms with van der Waals surface area (Å²) in [6.07, 6.45) is 0. The Kier molecular flexibility index (Phi) is 3.06. The molecule has 2 aromatic rings. The van der Waals surface area contributed by atoms with E-state index in [1.807, 2.05) is 25.1 Å². The van der Waals surface area contributed by atoms with Gasteiger partial charge in [0, 0.05) is 17.8 Å². The quantitative estimate of drug-likeness (QED) is 0.798. The molecular formula is C13H14N2O3. The Bertz CT molecular complexity index is 628. The number of hydrogen-bond acceptors (Lipinski definition) is 3. The number of aromatic nitrogens is 1. The Labute approximate surface area is 104 Å². The minimum absolute atomic E-state index is 0.232. The first-order chi connectivity index (χ1) is 8.54. The second kappa shape index (κ2) is 4.52. The fourth-order valence-corrected chi connectivity index (χ4v) is 1.98. The Hall–Kier alpha value is -2.30. The maximum atomic E-state index is 11.7. The van der Waals surface area contributed by atoms with E-state index < -0.39 is 5.97 Å². The van der Waals surface area contributed by atoms with Gasteiger partial charge in [0.2, 0.25) is 5.91 Å². The van der Waals surface area contributed by atoms with Crippen LogP contribution in [0.25, 0.3) is 10.9 Å². The molecule has 0 radical (unpaired) electrons. The number of esters is 1. The number of ether oxygens (including phenoxy) is 1. The Morgan fingerprint density at radius 3 is 2.67 bits per heavy atom.